The zero-order valence-corrected chi connectivity index (χ0v) is 15.7. The third-order valence-corrected chi connectivity index (χ3v) is 5.91. The van der Waals surface area contributed by atoms with Crippen LogP contribution in [0.25, 0.3) is 0 Å². The fourth-order valence-corrected chi connectivity index (χ4v) is 4.31. The highest BCUT2D eigenvalue weighted by Crippen LogP contribution is 2.44. The van der Waals surface area contributed by atoms with Crippen LogP contribution < -0.4 is 0 Å². The van der Waals surface area contributed by atoms with Crippen LogP contribution in [0.4, 0.5) is 0 Å². The minimum atomic E-state index is 0.178. The van der Waals surface area contributed by atoms with Gasteiger partial charge >= 0.3 is 0 Å². The van der Waals surface area contributed by atoms with Gasteiger partial charge < -0.3 is 9.32 Å². The Hall–Kier alpha value is -2.43. The van der Waals surface area contributed by atoms with Gasteiger partial charge in [0.25, 0.3) is 0 Å². The normalized spacial score (nSPS) is 23.0. The lowest BCUT2D eigenvalue weighted by Gasteiger charge is -2.37. The van der Waals surface area contributed by atoms with Gasteiger partial charge in [-0.3, -0.25) is 4.79 Å². The fourth-order valence-electron chi connectivity index (χ4n) is 4.31. The Kier molecular flexibility index (Phi) is 5.37. The van der Waals surface area contributed by atoms with E-state index in [4.69, 9.17) is 4.42 Å². The van der Waals surface area contributed by atoms with E-state index in [1.807, 2.05) is 4.90 Å². The summed E-state index contributed by atoms with van der Waals surface area (Å²) in [7, 11) is 0. The van der Waals surface area contributed by atoms with E-state index >= 15 is 0 Å². The maximum atomic E-state index is 12.0. The number of hydrogen-bond acceptors (Lipinski definition) is 4. The number of amides is 1. The van der Waals surface area contributed by atoms with Crippen molar-refractivity contribution >= 4 is 5.91 Å². The minimum absolute atomic E-state index is 0.178. The molecule has 1 aliphatic heterocycles. The molecule has 1 amide bonds. The smallest absolute Gasteiger partial charge is 0.223 e. The summed E-state index contributed by atoms with van der Waals surface area (Å²) in [5.41, 5.74) is 1.37. The average Bonchev–Trinajstić information content (AvgIpc) is 3.15. The van der Waals surface area contributed by atoms with Gasteiger partial charge in [0.2, 0.25) is 17.7 Å². The summed E-state index contributed by atoms with van der Waals surface area (Å²) in [6.45, 7) is 5.04. The SMILES string of the molecule is C=CCCC(=O)N1CC(c2nnc(C3CCCCC3c3ccccc3)o2)C1. The van der Waals surface area contributed by atoms with Gasteiger partial charge in [0.15, 0.2) is 0 Å². The van der Waals surface area contributed by atoms with Crippen LogP contribution in [-0.2, 0) is 4.79 Å². The van der Waals surface area contributed by atoms with Crippen LogP contribution >= 0.6 is 0 Å². The van der Waals surface area contributed by atoms with E-state index in [0.717, 1.165) is 18.7 Å². The molecule has 2 atom stereocenters. The van der Waals surface area contributed by atoms with Crippen molar-refractivity contribution in [2.24, 2.45) is 0 Å². The number of rotatable bonds is 6. The molecule has 2 unspecified atom stereocenters. The minimum Gasteiger partial charge on any atom is -0.425 e. The van der Waals surface area contributed by atoms with Gasteiger partial charge in [-0.25, -0.2) is 0 Å². The number of hydrogen-bond donors (Lipinski definition) is 0. The van der Waals surface area contributed by atoms with E-state index in [-0.39, 0.29) is 11.8 Å². The molecule has 1 saturated carbocycles. The van der Waals surface area contributed by atoms with Gasteiger partial charge in [0.1, 0.15) is 0 Å². The quantitative estimate of drug-likeness (QED) is 0.712. The fraction of sp³-hybridized carbons (Fsp3) is 0.500. The molecule has 5 heteroatoms. The van der Waals surface area contributed by atoms with Crippen molar-refractivity contribution in [3.05, 3.63) is 60.3 Å². The Morgan fingerprint density at radius 3 is 2.56 bits per heavy atom. The highest BCUT2D eigenvalue weighted by Gasteiger charge is 2.37. The molecule has 2 aliphatic rings. The number of allylic oxidation sites excluding steroid dienone is 1. The first-order valence-electron chi connectivity index (χ1n) is 10.0. The van der Waals surface area contributed by atoms with Crippen molar-refractivity contribution in [1.29, 1.82) is 0 Å². The van der Waals surface area contributed by atoms with E-state index in [0.29, 0.717) is 37.2 Å². The summed E-state index contributed by atoms with van der Waals surface area (Å²) >= 11 is 0. The standard InChI is InChI=1S/C22H27N3O2/c1-2-3-13-20(26)25-14-17(15-25)21-23-24-22(27-21)19-12-8-7-11-18(19)16-9-5-4-6-10-16/h2,4-6,9-10,17-19H,1,3,7-8,11-15H2. The van der Waals surface area contributed by atoms with Gasteiger partial charge in [-0.2, -0.15) is 0 Å². The highest BCUT2D eigenvalue weighted by molar-refractivity contribution is 5.77. The molecule has 2 heterocycles. The Morgan fingerprint density at radius 1 is 1.11 bits per heavy atom. The van der Waals surface area contributed by atoms with Crippen LogP contribution in [0.5, 0.6) is 0 Å². The number of benzene rings is 1. The van der Waals surface area contributed by atoms with Crippen molar-refractivity contribution < 1.29 is 9.21 Å². The second-order valence-electron chi connectivity index (χ2n) is 7.71. The number of aromatic nitrogens is 2. The molecular weight excluding hydrogens is 338 g/mol. The maximum Gasteiger partial charge on any atom is 0.223 e. The topological polar surface area (TPSA) is 59.2 Å². The van der Waals surface area contributed by atoms with Crippen molar-refractivity contribution in [3.8, 4) is 0 Å². The first-order chi connectivity index (χ1) is 13.3. The Balaban J connectivity index is 1.42. The van der Waals surface area contributed by atoms with E-state index in [1.165, 1.54) is 24.8 Å². The maximum absolute atomic E-state index is 12.0. The summed E-state index contributed by atoms with van der Waals surface area (Å²) in [6.07, 6.45) is 7.77. The van der Waals surface area contributed by atoms with Gasteiger partial charge in [0, 0.05) is 25.4 Å². The molecule has 0 radical (unpaired) electrons. The molecule has 27 heavy (non-hydrogen) atoms. The van der Waals surface area contributed by atoms with Crippen LogP contribution in [-0.4, -0.2) is 34.1 Å². The lowest BCUT2D eigenvalue weighted by molar-refractivity contribution is -0.135. The van der Waals surface area contributed by atoms with Crippen LogP contribution in [0.1, 0.15) is 73.6 Å². The third-order valence-electron chi connectivity index (χ3n) is 5.91. The number of carbonyl (C=O) groups excluding carboxylic acids is 1. The molecule has 0 N–H and O–H groups in total. The van der Waals surface area contributed by atoms with Gasteiger partial charge in [-0.05, 0) is 30.7 Å². The van der Waals surface area contributed by atoms with Crippen molar-refractivity contribution in [2.75, 3.05) is 13.1 Å². The molecule has 4 rings (SSSR count). The predicted molar refractivity (Wildman–Crippen MR) is 103 cm³/mol. The zero-order chi connectivity index (χ0) is 18.6. The molecular formula is C22H27N3O2. The van der Waals surface area contributed by atoms with E-state index in [2.05, 4.69) is 47.1 Å². The van der Waals surface area contributed by atoms with Crippen molar-refractivity contribution in [2.45, 2.75) is 56.3 Å². The highest BCUT2D eigenvalue weighted by atomic mass is 16.4. The molecule has 0 bridgehead atoms. The van der Waals surface area contributed by atoms with Crippen molar-refractivity contribution in [3.63, 3.8) is 0 Å². The van der Waals surface area contributed by atoms with E-state index in [1.54, 1.807) is 6.08 Å². The molecule has 1 aromatic heterocycles. The second-order valence-corrected chi connectivity index (χ2v) is 7.71. The summed E-state index contributed by atoms with van der Waals surface area (Å²) in [5.74, 6) is 2.57. The lowest BCUT2D eigenvalue weighted by atomic mass is 9.75. The molecule has 1 saturated heterocycles. The summed E-state index contributed by atoms with van der Waals surface area (Å²) in [5, 5.41) is 8.73. The monoisotopic (exact) mass is 365 g/mol. The van der Waals surface area contributed by atoms with Gasteiger partial charge in [0.05, 0.1) is 5.92 Å². The largest absolute Gasteiger partial charge is 0.425 e. The number of carbonyl (C=O) groups is 1. The van der Waals surface area contributed by atoms with Crippen LogP contribution in [0, 0.1) is 0 Å². The third kappa shape index (κ3) is 3.82. The molecule has 0 spiro atoms. The molecule has 2 fully saturated rings. The summed E-state index contributed by atoms with van der Waals surface area (Å²) < 4.78 is 6.11. The molecule has 1 aliphatic carbocycles. The number of likely N-dealkylation sites (tertiary alicyclic amines) is 1. The van der Waals surface area contributed by atoms with E-state index < -0.39 is 0 Å². The molecule has 2 aromatic rings. The Bertz CT molecular complexity index is 780. The van der Waals surface area contributed by atoms with Crippen molar-refractivity contribution in [1.82, 2.24) is 15.1 Å². The summed E-state index contributed by atoms with van der Waals surface area (Å²) in [4.78, 5) is 13.9. The van der Waals surface area contributed by atoms with Crippen LogP contribution in [0.2, 0.25) is 0 Å². The molecule has 1 aromatic carbocycles. The zero-order valence-electron chi connectivity index (χ0n) is 15.7. The number of nitrogens with zero attached hydrogens (tertiary/aromatic N) is 3. The molecule has 142 valence electrons. The first kappa shape index (κ1) is 18.0. The average molecular weight is 365 g/mol. The van der Waals surface area contributed by atoms with Gasteiger partial charge in [-0.15, -0.1) is 16.8 Å². The first-order valence-corrected chi connectivity index (χ1v) is 10.0. The van der Waals surface area contributed by atoms with Crippen LogP contribution in [0.3, 0.4) is 0 Å². The van der Waals surface area contributed by atoms with Crippen LogP contribution in [0.15, 0.2) is 47.4 Å². The Labute approximate surface area is 160 Å². The van der Waals surface area contributed by atoms with Gasteiger partial charge in [-0.1, -0.05) is 49.2 Å². The molecule has 5 nitrogen and oxygen atoms in total. The van der Waals surface area contributed by atoms with E-state index in [9.17, 15) is 4.79 Å². The second kappa shape index (κ2) is 8.07. The summed E-state index contributed by atoms with van der Waals surface area (Å²) in [6, 6.07) is 10.7. The predicted octanol–water partition coefficient (Wildman–Crippen LogP) is 4.40. The Morgan fingerprint density at radius 2 is 1.81 bits per heavy atom. The lowest BCUT2D eigenvalue weighted by Crippen LogP contribution is -2.48.